The van der Waals surface area contributed by atoms with Gasteiger partial charge in [0.15, 0.2) is 22.9 Å². The first-order valence-corrected chi connectivity index (χ1v) is 8.07. The van der Waals surface area contributed by atoms with Crippen LogP contribution in [-0.2, 0) is 10.9 Å². The van der Waals surface area contributed by atoms with Gasteiger partial charge in [0.1, 0.15) is 16.9 Å². The van der Waals surface area contributed by atoms with Crippen LogP contribution in [0.4, 0.5) is 19.0 Å². The highest BCUT2D eigenvalue weighted by Gasteiger charge is 2.42. The van der Waals surface area contributed by atoms with E-state index in [1.165, 1.54) is 6.92 Å². The molecule has 0 radical (unpaired) electrons. The number of ether oxygens (including phenoxy) is 1. The fourth-order valence-electron chi connectivity index (χ4n) is 2.86. The number of furan rings is 1. The molecular weight excluding hydrogens is 339 g/mol. The molecule has 1 saturated heterocycles. The number of hydrogen-bond acceptors (Lipinski definition) is 6. The van der Waals surface area contributed by atoms with Gasteiger partial charge in [0.05, 0.1) is 13.2 Å². The SMILES string of the molecule is CCCC(=O)c1oc2c(N3CCOCC3)nc(C)nc2c1C(F)(F)F. The van der Waals surface area contributed by atoms with Crippen molar-refractivity contribution < 1.29 is 27.1 Å². The Labute approximate surface area is 142 Å². The molecule has 0 aromatic carbocycles. The maximum Gasteiger partial charge on any atom is 0.422 e. The van der Waals surface area contributed by atoms with Crippen LogP contribution in [0.2, 0.25) is 0 Å². The second kappa shape index (κ2) is 6.62. The predicted octanol–water partition coefficient (Wildman–Crippen LogP) is 3.37. The number of carbonyl (C=O) groups excluding carboxylic acids is 1. The number of anilines is 1. The highest BCUT2D eigenvalue weighted by atomic mass is 19.4. The number of fused-ring (bicyclic) bond motifs is 1. The third-order valence-electron chi connectivity index (χ3n) is 3.95. The molecule has 1 fully saturated rings. The van der Waals surface area contributed by atoms with Crippen molar-refractivity contribution in [1.29, 1.82) is 0 Å². The van der Waals surface area contributed by atoms with Crippen molar-refractivity contribution in [3.63, 3.8) is 0 Å². The van der Waals surface area contributed by atoms with Gasteiger partial charge in [-0.3, -0.25) is 4.79 Å². The minimum Gasteiger partial charge on any atom is -0.447 e. The van der Waals surface area contributed by atoms with E-state index >= 15 is 0 Å². The summed E-state index contributed by atoms with van der Waals surface area (Å²) in [5, 5.41) is 0. The van der Waals surface area contributed by atoms with Crippen LogP contribution < -0.4 is 4.90 Å². The molecule has 136 valence electrons. The fraction of sp³-hybridized carbons (Fsp3) is 0.562. The monoisotopic (exact) mass is 357 g/mol. The van der Waals surface area contributed by atoms with Crippen molar-refractivity contribution >= 4 is 22.7 Å². The second-order valence-corrected chi connectivity index (χ2v) is 5.85. The molecule has 1 aliphatic rings. The third-order valence-corrected chi connectivity index (χ3v) is 3.95. The molecule has 0 N–H and O–H groups in total. The molecule has 3 rings (SSSR count). The number of nitrogens with zero attached hydrogens (tertiary/aromatic N) is 3. The Morgan fingerprint density at radius 1 is 1.24 bits per heavy atom. The lowest BCUT2D eigenvalue weighted by atomic mass is 10.1. The van der Waals surface area contributed by atoms with Crippen molar-refractivity contribution in [2.45, 2.75) is 32.9 Å². The van der Waals surface area contributed by atoms with E-state index < -0.39 is 23.3 Å². The summed E-state index contributed by atoms with van der Waals surface area (Å²) in [6.07, 6.45) is -4.34. The molecule has 0 unspecified atom stereocenters. The summed E-state index contributed by atoms with van der Waals surface area (Å²) < 4.78 is 51.5. The maximum atomic E-state index is 13.6. The molecule has 0 spiro atoms. The standard InChI is InChI=1S/C16H18F3N3O3/c1-3-4-10(23)13-11(16(17,18)19)12-14(25-13)15(21-9(2)20-12)22-5-7-24-8-6-22/h3-8H2,1-2H3. The van der Waals surface area contributed by atoms with Gasteiger partial charge in [-0.05, 0) is 13.3 Å². The van der Waals surface area contributed by atoms with Gasteiger partial charge in [-0.25, -0.2) is 9.97 Å². The van der Waals surface area contributed by atoms with Crippen LogP contribution in [0.25, 0.3) is 11.1 Å². The molecule has 0 atom stereocenters. The lowest BCUT2D eigenvalue weighted by Crippen LogP contribution is -2.37. The van der Waals surface area contributed by atoms with Gasteiger partial charge in [0, 0.05) is 19.5 Å². The number of aromatic nitrogens is 2. The molecule has 0 bridgehead atoms. The summed E-state index contributed by atoms with van der Waals surface area (Å²) in [5.41, 5.74) is -1.57. The number of aryl methyl sites for hydroxylation is 1. The first kappa shape index (κ1) is 17.7. The van der Waals surface area contributed by atoms with Crippen molar-refractivity contribution in [3.05, 3.63) is 17.1 Å². The van der Waals surface area contributed by atoms with E-state index in [0.717, 1.165) is 0 Å². The van der Waals surface area contributed by atoms with Crippen molar-refractivity contribution in [2.75, 3.05) is 31.2 Å². The molecule has 9 heteroatoms. The number of hydrogen-bond donors (Lipinski definition) is 0. The Hall–Kier alpha value is -2.16. The van der Waals surface area contributed by atoms with Crippen LogP contribution in [0.3, 0.4) is 0 Å². The summed E-state index contributed by atoms with van der Waals surface area (Å²) in [4.78, 5) is 22.1. The van der Waals surface area contributed by atoms with Gasteiger partial charge in [-0.15, -0.1) is 0 Å². The first-order valence-electron chi connectivity index (χ1n) is 8.07. The van der Waals surface area contributed by atoms with Gasteiger partial charge >= 0.3 is 6.18 Å². The van der Waals surface area contributed by atoms with Crippen LogP contribution in [0.1, 0.15) is 41.7 Å². The average molecular weight is 357 g/mol. The molecule has 0 aliphatic carbocycles. The van der Waals surface area contributed by atoms with Gasteiger partial charge < -0.3 is 14.1 Å². The predicted molar refractivity (Wildman–Crippen MR) is 83.8 cm³/mol. The zero-order valence-electron chi connectivity index (χ0n) is 13.9. The quantitative estimate of drug-likeness (QED) is 0.782. The Balaban J connectivity index is 2.24. The molecule has 2 aromatic heterocycles. The highest BCUT2D eigenvalue weighted by molar-refractivity contribution is 6.01. The van der Waals surface area contributed by atoms with E-state index in [1.54, 1.807) is 11.8 Å². The van der Waals surface area contributed by atoms with Crippen LogP contribution in [0.15, 0.2) is 4.42 Å². The normalized spacial score (nSPS) is 15.8. The zero-order chi connectivity index (χ0) is 18.2. The molecule has 0 amide bonds. The van der Waals surface area contributed by atoms with Crippen LogP contribution >= 0.6 is 0 Å². The van der Waals surface area contributed by atoms with E-state index in [4.69, 9.17) is 9.15 Å². The Kier molecular flexibility index (Phi) is 4.68. The van der Waals surface area contributed by atoms with Gasteiger partial charge in [-0.2, -0.15) is 13.2 Å². The minimum absolute atomic E-state index is 0.0256. The van der Waals surface area contributed by atoms with Gasteiger partial charge in [0.2, 0.25) is 0 Å². The number of halogens is 3. The Morgan fingerprint density at radius 3 is 2.52 bits per heavy atom. The van der Waals surface area contributed by atoms with E-state index in [-0.39, 0.29) is 29.2 Å². The van der Waals surface area contributed by atoms with E-state index in [9.17, 15) is 18.0 Å². The number of Topliss-reactive ketones (excluding diaryl/α,β-unsaturated/α-hetero) is 1. The second-order valence-electron chi connectivity index (χ2n) is 5.85. The lowest BCUT2D eigenvalue weighted by molar-refractivity contribution is -0.137. The molecule has 1 aliphatic heterocycles. The van der Waals surface area contributed by atoms with Crippen LogP contribution in [-0.4, -0.2) is 42.1 Å². The molecule has 6 nitrogen and oxygen atoms in total. The van der Waals surface area contributed by atoms with Crippen LogP contribution in [0, 0.1) is 6.92 Å². The largest absolute Gasteiger partial charge is 0.447 e. The summed E-state index contributed by atoms with van der Waals surface area (Å²) in [6, 6.07) is 0. The van der Waals surface area contributed by atoms with Crippen LogP contribution in [0.5, 0.6) is 0 Å². The average Bonchev–Trinajstić information content (AvgIpc) is 2.94. The lowest BCUT2D eigenvalue weighted by Gasteiger charge is -2.27. The fourth-order valence-corrected chi connectivity index (χ4v) is 2.86. The number of alkyl halides is 3. The molecule has 3 heterocycles. The summed E-state index contributed by atoms with van der Waals surface area (Å²) in [7, 11) is 0. The van der Waals surface area contributed by atoms with E-state index in [2.05, 4.69) is 9.97 Å². The third kappa shape index (κ3) is 3.33. The molecular formula is C16H18F3N3O3. The van der Waals surface area contributed by atoms with Crippen molar-refractivity contribution in [2.24, 2.45) is 0 Å². The number of morpholine rings is 1. The molecule has 25 heavy (non-hydrogen) atoms. The summed E-state index contributed by atoms with van der Waals surface area (Å²) in [6.45, 7) is 5.08. The Morgan fingerprint density at radius 2 is 1.92 bits per heavy atom. The Bertz CT molecular complexity index is 795. The zero-order valence-corrected chi connectivity index (χ0v) is 13.9. The molecule has 0 saturated carbocycles. The maximum absolute atomic E-state index is 13.6. The number of ketones is 1. The smallest absolute Gasteiger partial charge is 0.422 e. The van der Waals surface area contributed by atoms with Crippen molar-refractivity contribution in [3.8, 4) is 0 Å². The first-order chi connectivity index (χ1) is 11.8. The highest BCUT2D eigenvalue weighted by Crippen LogP contribution is 2.41. The number of rotatable bonds is 4. The minimum atomic E-state index is -4.74. The summed E-state index contributed by atoms with van der Waals surface area (Å²) in [5.74, 6) is -0.904. The van der Waals surface area contributed by atoms with E-state index in [1.807, 2.05) is 0 Å². The topological polar surface area (TPSA) is 68.5 Å². The van der Waals surface area contributed by atoms with Gasteiger partial charge in [-0.1, -0.05) is 6.92 Å². The number of carbonyl (C=O) groups is 1. The van der Waals surface area contributed by atoms with E-state index in [0.29, 0.717) is 32.7 Å². The molecule has 2 aromatic rings. The summed E-state index contributed by atoms with van der Waals surface area (Å²) >= 11 is 0. The van der Waals surface area contributed by atoms with Gasteiger partial charge in [0.25, 0.3) is 0 Å². The van der Waals surface area contributed by atoms with Crippen molar-refractivity contribution in [1.82, 2.24) is 9.97 Å².